The van der Waals surface area contributed by atoms with Crippen LogP contribution in [0.25, 0.3) is 0 Å². The van der Waals surface area contributed by atoms with Crippen molar-refractivity contribution in [3.63, 3.8) is 0 Å². The Morgan fingerprint density at radius 2 is 1.96 bits per heavy atom. The van der Waals surface area contributed by atoms with Crippen LogP contribution < -0.4 is 15.4 Å². The van der Waals surface area contributed by atoms with Gasteiger partial charge in [0.1, 0.15) is 17.4 Å². The summed E-state index contributed by atoms with van der Waals surface area (Å²) in [6.07, 6.45) is 1.88. The Morgan fingerprint density at radius 3 is 2.57 bits per heavy atom. The van der Waals surface area contributed by atoms with Crippen molar-refractivity contribution in [2.45, 2.75) is 20.4 Å². The first kappa shape index (κ1) is 19.7. The summed E-state index contributed by atoms with van der Waals surface area (Å²) in [6, 6.07) is 8.04. The molecule has 0 atom stereocenters. The van der Waals surface area contributed by atoms with Crippen LogP contribution in [0.1, 0.15) is 15.4 Å². The van der Waals surface area contributed by atoms with Gasteiger partial charge in [0.05, 0.1) is 13.1 Å². The number of guanidine groups is 1. The summed E-state index contributed by atoms with van der Waals surface area (Å²) < 4.78 is 5.67. The minimum Gasteiger partial charge on any atom is -0.492 e. The molecule has 2 N–H and O–H groups in total. The number of benzene rings is 1. The van der Waals surface area contributed by atoms with Crippen molar-refractivity contribution < 1.29 is 4.74 Å². The molecule has 0 unspecified atom stereocenters. The van der Waals surface area contributed by atoms with Gasteiger partial charge in [-0.15, -0.1) is 35.3 Å². The molecular formula is C16H23IN4OS. The summed E-state index contributed by atoms with van der Waals surface area (Å²) in [7, 11) is 1.75. The largest absolute Gasteiger partial charge is 0.492 e. The minimum atomic E-state index is 0. The summed E-state index contributed by atoms with van der Waals surface area (Å²) in [5.41, 5.74) is 1.23. The number of rotatable bonds is 6. The van der Waals surface area contributed by atoms with Crippen LogP contribution in [0.2, 0.25) is 0 Å². The summed E-state index contributed by atoms with van der Waals surface area (Å²) in [5, 5.41) is 7.51. The van der Waals surface area contributed by atoms with Crippen molar-refractivity contribution >= 4 is 41.3 Å². The fourth-order valence-corrected chi connectivity index (χ4v) is 2.56. The number of hydrogen-bond donors (Lipinski definition) is 2. The van der Waals surface area contributed by atoms with Gasteiger partial charge in [-0.25, -0.2) is 4.98 Å². The van der Waals surface area contributed by atoms with Crippen LogP contribution in [0, 0.1) is 13.8 Å². The number of aryl methyl sites for hydroxylation is 2. The maximum Gasteiger partial charge on any atom is 0.191 e. The molecule has 1 heterocycles. The van der Waals surface area contributed by atoms with E-state index < -0.39 is 0 Å². The lowest BCUT2D eigenvalue weighted by Crippen LogP contribution is -2.38. The fourth-order valence-electron chi connectivity index (χ4n) is 1.84. The average Bonchev–Trinajstić information content (AvgIpc) is 2.94. The molecule has 0 spiro atoms. The first-order chi connectivity index (χ1) is 10.7. The van der Waals surface area contributed by atoms with E-state index >= 15 is 0 Å². The normalized spacial score (nSPS) is 10.8. The van der Waals surface area contributed by atoms with Gasteiger partial charge < -0.3 is 15.4 Å². The molecule has 126 valence electrons. The Morgan fingerprint density at radius 1 is 1.22 bits per heavy atom. The number of thiazole rings is 1. The number of ether oxygens (including phenoxy) is 1. The molecule has 0 bridgehead atoms. The molecule has 1 aromatic carbocycles. The molecule has 0 radical (unpaired) electrons. The summed E-state index contributed by atoms with van der Waals surface area (Å²) in [5.74, 6) is 1.63. The molecule has 1 aromatic heterocycles. The van der Waals surface area contributed by atoms with Gasteiger partial charge in [0.15, 0.2) is 5.96 Å². The molecule has 0 aliphatic rings. The van der Waals surface area contributed by atoms with E-state index in [0.717, 1.165) is 16.7 Å². The van der Waals surface area contributed by atoms with E-state index in [0.29, 0.717) is 19.7 Å². The molecule has 2 rings (SSSR count). The van der Waals surface area contributed by atoms with Crippen molar-refractivity contribution in [3.05, 3.63) is 45.9 Å². The highest BCUT2D eigenvalue weighted by Crippen LogP contribution is 2.11. The molecule has 2 aromatic rings. The molecule has 0 amide bonds. The number of hydrogen-bond acceptors (Lipinski definition) is 4. The van der Waals surface area contributed by atoms with E-state index in [-0.39, 0.29) is 24.0 Å². The van der Waals surface area contributed by atoms with Gasteiger partial charge in [-0.2, -0.15) is 0 Å². The maximum atomic E-state index is 5.67. The van der Waals surface area contributed by atoms with Crippen LogP contribution in [0.15, 0.2) is 35.5 Å². The van der Waals surface area contributed by atoms with Gasteiger partial charge in [-0.3, -0.25) is 4.99 Å². The predicted molar refractivity (Wildman–Crippen MR) is 107 cm³/mol. The smallest absolute Gasteiger partial charge is 0.191 e. The lowest BCUT2D eigenvalue weighted by molar-refractivity contribution is 0.322. The van der Waals surface area contributed by atoms with Crippen molar-refractivity contribution in [2.24, 2.45) is 4.99 Å². The van der Waals surface area contributed by atoms with Crippen molar-refractivity contribution in [2.75, 3.05) is 20.2 Å². The van der Waals surface area contributed by atoms with Gasteiger partial charge in [0.2, 0.25) is 0 Å². The van der Waals surface area contributed by atoms with Crippen LogP contribution in [0.4, 0.5) is 0 Å². The van der Waals surface area contributed by atoms with Gasteiger partial charge >= 0.3 is 0 Å². The lowest BCUT2D eigenvalue weighted by atomic mass is 10.2. The zero-order valence-corrected chi connectivity index (χ0v) is 16.8. The number of nitrogens with zero attached hydrogens (tertiary/aromatic N) is 2. The third-order valence-corrected chi connectivity index (χ3v) is 3.90. The monoisotopic (exact) mass is 446 g/mol. The third kappa shape index (κ3) is 7.17. The van der Waals surface area contributed by atoms with Gasteiger partial charge in [-0.1, -0.05) is 17.7 Å². The van der Waals surface area contributed by atoms with E-state index in [1.54, 1.807) is 18.4 Å². The molecule has 0 aliphatic carbocycles. The number of aliphatic imine (C=N–C) groups is 1. The summed E-state index contributed by atoms with van der Waals surface area (Å²) in [6.45, 7) is 6.06. The van der Waals surface area contributed by atoms with Crippen LogP contribution in [-0.4, -0.2) is 31.1 Å². The second-order valence-corrected chi connectivity index (χ2v) is 6.20. The lowest BCUT2D eigenvalue weighted by Gasteiger charge is -2.11. The standard InChI is InChI=1S/C16H22N4OS.HI/c1-12-4-6-14(7-5-12)21-9-8-18-16(17-3)20-11-15-19-10-13(2)22-15;/h4-7,10H,8-9,11H2,1-3H3,(H2,17,18,20);1H. The molecule has 23 heavy (non-hydrogen) atoms. The van der Waals surface area contributed by atoms with E-state index in [1.165, 1.54) is 10.4 Å². The van der Waals surface area contributed by atoms with Crippen LogP contribution in [-0.2, 0) is 6.54 Å². The second kappa shape index (κ2) is 10.4. The molecular weight excluding hydrogens is 423 g/mol. The van der Waals surface area contributed by atoms with Crippen LogP contribution in [0.5, 0.6) is 5.75 Å². The fraction of sp³-hybridized carbons (Fsp3) is 0.375. The zero-order chi connectivity index (χ0) is 15.8. The van der Waals surface area contributed by atoms with E-state index in [9.17, 15) is 0 Å². The van der Waals surface area contributed by atoms with E-state index in [4.69, 9.17) is 4.74 Å². The molecule has 0 fully saturated rings. The van der Waals surface area contributed by atoms with Gasteiger partial charge in [0.25, 0.3) is 0 Å². The summed E-state index contributed by atoms with van der Waals surface area (Å²) in [4.78, 5) is 9.71. The Labute approximate surface area is 158 Å². The van der Waals surface area contributed by atoms with Crippen LogP contribution in [0.3, 0.4) is 0 Å². The first-order valence-corrected chi connectivity index (χ1v) is 8.04. The van der Waals surface area contributed by atoms with Crippen molar-refractivity contribution in [1.29, 1.82) is 0 Å². The van der Waals surface area contributed by atoms with Gasteiger partial charge in [-0.05, 0) is 26.0 Å². The highest BCUT2D eigenvalue weighted by Gasteiger charge is 2.01. The molecule has 7 heteroatoms. The average molecular weight is 446 g/mol. The van der Waals surface area contributed by atoms with E-state index in [1.807, 2.05) is 30.5 Å². The predicted octanol–water partition coefficient (Wildman–Crippen LogP) is 3.12. The first-order valence-electron chi connectivity index (χ1n) is 7.22. The quantitative estimate of drug-likeness (QED) is 0.310. The maximum absolute atomic E-state index is 5.67. The number of aromatic nitrogens is 1. The molecule has 0 saturated heterocycles. The van der Waals surface area contributed by atoms with Crippen LogP contribution >= 0.6 is 35.3 Å². The Bertz CT molecular complexity index is 613. The topological polar surface area (TPSA) is 58.5 Å². The second-order valence-electron chi connectivity index (χ2n) is 4.88. The Balaban J connectivity index is 0.00000264. The highest BCUT2D eigenvalue weighted by atomic mass is 127. The number of halogens is 1. The summed E-state index contributed by atoms with van der Waals surface area (Å²) >= 11 is 1.69. The Hall–Kier alpha value is -1.35. The Kier molecular flexibility index (Phi) is 8.93. The third-order valence-electron chi connectivity index (χ3n) is 2.98. The zero-order valence-electron chi connectivity index (χ0n) is 13.6. The van der Waals surface area contributed by atoms with E-state index in [2.05, 4.69) is 34.5 Å². The van der Waals surface area contributed by atoms with Gasteiger partial charge in [0, 0.05) is 18.1 Å². The molecule has 0 saturated carbocycles. The van der Waals surface area contributed by atoms with Crippen molar-refractivity contribution in [1.82, 2.24) is 15.6 Å². The minimum absolute atomic E-state index is 0. The molecule has 5 nitrogen and oxygen atoms in total. The highest BCUT2D eigenvalue weighted by molar-refractivity contribution is 14.0. The number of nitrogens with one attached hydrogen (secondary N) is 2. The molecule has 0 aliphatic heterocycles. The SMILES string of the molecule is CN=C(NCCOc1ccc(C)cc1)NCc1ncc(C)s1.I. The van der Waals surface area contributed by atoms with Crippen molar-refractivity contribution in [3.8, 4) is 5.75 Å².